The average molecular weight is 322 g/mol. The van der Waals surface area contributed by atoms with Gasteiger partial charge in [0.05, 0.1) is 12.3 Å². The topological polar surface area (TPSA) is 64.4 Å². The molecule has 0 radical (unpaired) electrons. The Bertz CT molecular complexity index is 728. The highest BCUT2D eigenvalue weighted by atomic mass is 16.5. The van der Waals surface area contributed by atoms with Crippen molar-refractivity contribution in [1.29, 1.82) is 0 Å². The van der Waals surface area contributed by atoms with Crippen LogP contribution in [0.2, 0.25) is 0 Å². The highest BCUT2D eigenvalue weighted by Gasteiger charge is 2.07. The molecular weight excluding hydrogens is 300 g/mol. The van der Waals surface area contributed by atoms with Gasteiger partial charge in [0.1, 0.15) is 5.75 Å². The highest BCUT2D eigenvalue weighted by molar-refractivity contribution is 5.93. The Kier molecular flexibility index (Phi) is 5.16. The molecule has 1 heterocycles. The van der Waals surface area contributed by atoms with Gasteiger partial charge in [0.2, 0.25) is 5.91 Å². The van der Waals surface area contributed by atoms with Gasteiger partial charge in [-0.3, -0.25) is 4.79 Å². The number of carbonyl (C=O) groups excluding carboxylic acids is 1. The number of benzene rings is 2. The third-order valence-electron chi connectivity index (χ3n) is 4.09. The van der Waals surface area contributed by atoms with Crippen molar-refractivity contribution in [2.75, 3.05) is 18.5 Å². The van der Waals surface area contributed by atoms with Crippen LogP contribution in [-0.4, -0.2) is 19.1 Å². The molecule has 0 saturated carbocycles. The first-order chi connectivity index (χ1) is 11.7. The molecule has 0 saturated heterocycles. The van der Waals surface area contributed by atoms with Crippen molar-refractivity contribution in [3.63, 3.8) is 0 Å². The Morgan fingerprint density at radius 1 is 1.17 bits per heavy atom. The Morgan fingerprint density at radius 3 is 2.92 bits per heavy atom. The van der Waals surface area contributed by atoms with Crippen LogP contribution in [0.15, 0.2) is 48.5 Å². The molecule has 0 aromatic heterocycles. The van der Waals surface area contributed by atoms with E-state index in [2.05, 4.69) is 17.5 Å². The van der Waals surface area contributed by atoms with Crippen molar-refractivity contribution in [1.82, 2.24) is 0 Å². The van der Waals surface area contributed by atoms with Gasteiger partial charge in [-0.25, -0.2) is 0 Å². The van der Waals surface area contributed by atoms with Gasteiger partial charge in [0.25, 0.3) is 0 Å². The summed E-state index contributed by atoms with van der Waals surface area (Å²) in [6.45, 7) is 1.83. The SMILES string of the molecule is NC(=O)c1ccc2c(c1)CCC=C2.c1ccc2c(c1)NCCCO2. The molecule has 0 bridgehead atoms. The molecular formula is C20H22N2O2. The van der Waals surface area contributed by atoms with Gasteiger partial charge in [-0.05, 0) is 54.7 Å². The van der Waals surface area contributed by atoms with Crippen molar-refractivity contribution in [3.05, 3.63) is 65.2 Å². The van der Waals surface area contributed by atoms with Crippen LogP contribution in [0, 0.1) is 0 Å². The first-order valence-corrected chi connectivity index (χ1v) is 8.29. The summed E-state index contributed by atoms with van der Waals surface area (Å²) in [5, 5.41) is 3.30. The number of nitrogens with two attached hydrogens (primary N) is 1. The maximum Gasteiger partial charge on any atom is 0.248 e. The highest BCUT2D eigenvalue weighted by Crippen LogP contribution is 2.25. The standard InChI is InChI=1S/C11H11NO.C9H11NO/c12-11(13)10-6-5-8-3-1-2-4-9(8)7-10;1-2-5-9-8(4-1)10-6-3-7-11-9/h1,3,5-7H,2,4H2,(H2,12,13);1-2,4-5,10H,3,6-7H2. The summed E-state index contributed by atoms with van der Waals surface area (Å²) in [7, 11) is 0. The molecule has 1 amide bonds. The van der Waals surface area contributed by atoms with E-state index in [-0.39, 0.29) is 5.91 Å². The molecule has 24 heavy (non-hydrogen) atoms. The van der Waals surface area contributed by atoms with E-state index in [4.69, 9.17) is 10.5 Å². The van der Waals surface area contributed by atoms with E-state index in [1.807, 2.05) is 36.4 Å². The van der Waals surface area contributed by atoms with Crippen LogP contribution in [0.4, 0.5) is 5.69 Å². The molecule has 4 heteroatoms. The smallest absolute Gasteiger partial charge is 0.248 e. The zero-order valence-corrected chi connectivity index (χ0v) is 13.6. The predicted octanol–water partition coefficient (Wildman–Crippen LogP) is 3.63. The van der Waals surface area contributed by atoms with E-state index < -0.39 is 0 Å². The second kappa shape index (κ2) is 7.68. The van der Waals surface area contributed by atoms with Crippen molar-refractivity contribution in [2.24, 2.45) is 5.73 Å². The summed E-state index contributed by atoms with van der Waals surface area (Å²) in [6.07, 6.45) is 7.37. The number of ether oxygens (including phenoxy) is 1. The minimum absolute atomic E-state index is 0.350. The third-order valence-corrected chi connectivity index (χ3v) is 4.09. The molecule has 4 rings (SSSR count). The Hall–Kier alpha value is -2.75. The number of hydrogen-bond donors (Lipinski definition) is 2. The quantitative estimate of drug-likeness (QED) is 0.843. The Balaban J connectivity index is 0.000000143. The zero-order chi connectivity index (χ0) is 16.8. The van der Waals surface area contributed by atoms with E-state index in [9.17, 15) is 4.79 Å². The molecule has 4 nitrogen and oxygen atoms in total. The normalized spacial score (nSPS) is 14.7. The third kappa shape index (κ3) is 3.96. The zero-order valence-electron chi connectivity index (χ0n) is 13.6. The van der Waals surface area contributed by atoms with E-state index in [1.54, 1.807) is 6.07 Å². The summed E-state index contributed by atoms with van der Waals surface area (Å²) in [4.78, 5) is 10.9. The summed E-state index contributed by atoms with van der Waals surface area (Å²) in [6, 6.07) is 13.7. The number of anilines is 1. The Morgan fingerprint density at radius 2 is 2.04 bits per heavy atom. The van der Waals surface area contributed by atoms with Crippen molar-refractivity contribution in [3.8, 4) is 5.75 Å². The molecule has 3 N–H and O–H groups in total. The van der Waals surface area contributed by atoms with E-state index >= 15 is 0 Å². The number of hydrogen-bond acceptors (Lipinski definition) is 3. The minimum atomic E-state index is -0.350. The number of primary amides is 1. The summed E-state index contributed by atoms with van der Waals surface area (Å²) >= 11 is 0. The van der Waals surface area contributed by atoms with Gasteiger partial charge in [-0.15, -0.1) is 0 Å². The lowest BCUT2D eigenvalue weighted by Gasteiger charge is -2.10. The number of nitrogens with one attached hydrogen (secondary N) is 1. The first-order valence-electron chi connectivity index (χ1n) is 8.29. The molecule has 124 valence electrons. The molecule has 2 aromatic rings. The fourth-order valence-corrected chi connectivity index (χ4v) is 2.80. The Labute approximate surface area is 142 Å². The van der Waals surface area contributed by atoms with Crippen LogP contribution in [-0.2, 0) is 6.42 Å². The van der Waals surface area contributed by atoms with Crippen molar-refractivity contribution in [2.45, 2.75) is 19.3 Å². The lowest BCUT2D eigenvalue weighted by atomic mass is 9.95. The van der Waals surface area contributed by atoms with Crippen LogP contribution < -0.4 is 15.8 Å². The minimum Gasteiger partial charge on any atom is -0.491 e. The van der Waals surface area contributed by atoms with E-state index in [0.29, 0.717) is 5.56 Å². The van der Waals surface area contributed by atoms with Crippen LogP contribution in [0.25, 0.3) is 6.08 Å². The molecule has 2 aromatic carbocycles. The second-order valence-electron chi connectivity index (χ2n) is 5.84. The van der Waals surface area contributed by atoms with Crippen LogP contribution in [0.3, 0.4) is 0 Å². The molecule has 0 unspecified atom stereocenters. The largest absolute Gasteiger partial charge is 0.491 e. The lowest BCUT2D eigenvalue weighted by Crippen LogP contribution is -2.11. The number of para-hydroxylation sites is 2. The number of amides is 1. The van der Waals surface area contributed by atoms with Crippen LogP contribution in [0.1, 0.15) is 34.3 Å². The van der Waals surface area contributed by atoms with Gasteiger partial charge in [0.15, 0.2) is 0 Å². The summed E-state index contributed by atoms with van der Waals surface area (Å²) in [5.74, 6) is 0.627. The fraction of sp³-hybridized carbons (Fsp3) is 0.250. The van der Waals surface area contributed by atoms with Crippen molar-refractivity contribution < 1.29 is 9.53 Å². The maximum absolute atomic E-state index is 10.9. The fourth-order valence-electron chi connectivity index (χ4n) is 2.80. The first kappa shape index (κ1) is 16.1. The molecule has 0 fully saturated rings. The number of fused-ring (bicyclic) bond motifs is 2. The van der Waals surface area contributed by atoms with Crippen LogP contribution >= 0.6 is 0 Å². The van der Waals surface area contributed by atoms with Crippen molar-refractivity contribution >= 4 is 17.7 Å². The molecule has 1 aliphatic heterocycles. The molecule has 0 atom stereocenters. The second-order valence-corrected chi connectivity index (χ2v) is 5.84. The van der Waals surface area contributed by atoms with Gasteiger partial charge in [0, 0.05) is 12.1 Å². The molecule has 0 spiro atoms. The van der Waals surface area contributed by atoms with E-state index in [0.717, 1.165) is 43.9 Å². The molecule has 1 aliphatic carbocycles. The lowest BCUT2D eigenvalue weighted by molar-refractivity contribution is 0.1000. The summed E-state index contributed by atoms with van der Waals surface area (Å²) < 4.78 is 5.49. The van der Waals surface area contributed by atoms with Gasteiger partial charge >= 0.3 is 0 Å². The number of aryl methyl sites for hydroxylation is 1. The number of rotatable bonds is 1. The maximum atomic E-state index is 10.9. The van der Waals surface area contributed by atoms with Gasteiger partial charge in [-0.1, -0.05) is 30.4 Å². The summed E-state index contributed by atoms with van der Waals surface area (Å²) in [5.41, 5.74) is 9.34. The van der Waals surface area contributed by atoms with E-state index in [1.165, 1.54) is 11.1 Å². The number of carbonyl (C=O) groups is 1. The predicted molar refractivity (Wildman–Crippen MR) is 97.4 cm³/mol. The van der Waals surface area contributed by atoms with Crippen LogP contribution in [0.5, 0.6) is 5.75 Å². The number of allylic oxidation sites excluding steroid dienone is 1. The van der Waals surface area contributed by atoms with Gasteiger partial charge < -0.3 is 15.8 Å². The molecule has 2 aliphatic rings. The van der Waals surface area contributed by atoms with Gasteiger partial charge in [-0.2, -0.15) is 0 Å². The average Bonchev–Trinajstić information content (AvgIpc) is 2.87. The monoisotopic (exact) mass is 322 g/mol.